The first-order valence-electron chi connectivity index (χ1n) is 8.40. The number of piperidine rings is 1. The summed E-state index contributed by atoms with van der Waals surface area (Å²) in [6, 6.07) is 6.92. The van der Waals surface area contributed by atoms with Gasteiger partial charge in [0.2, 0.25) is 0 Å². The second-order valence-corrected chi connectivity index (χ2v) is 6.41. The van der Waals surface area contributed by atoms with Gasteiger partial charge in [-0.05, 0) is 25.0 Å². The number of pyridine rings is 1. The molecule has 0 radical (unpaired) electrons. The molecule has 2 heterocycles. The van der Waals surface area contributed by atoms with Crippen molar-refractivity contribution in [2.45, 2.75) is 18.9 Å². The lowest BCUT2D eigenvalue weighted by molar-refractivity contribution is 0.0535. The van der Waals surface area contributed by atoms with Gasteiger partial charge in [-0.15, -0.1) is 0 Å². The summed E-state index contributed by atoms with van der Waals surface area (Å²) in [6.45, 7) is 1.17. The summed E-state index contributed by atoms with van der Waals surface area (Å²) in [5, 5.41) is 0.466. The number of aromatic nitrogens is 1. The SMILES string of the molecule is COc1ccc(C(=O)N2CCCC(Oc3ccncc3Cl)C2)c(OC)c1. The molecular formula is C19H21ClN2O4. The fourth-order valence-corrected chi connectivity index (χ4v) is 3.17. The minimum absolute atomic E-state index is 0.0846. The van der Waals surface area contributed by atoms with Crippen LogP contribution >= 0.6 is 11.6 Å². The van der Waals surface area contributed by atoms with Crippen molar-refractivity contribution < 1.29 is 19.0 Å². The molecule has 0 saturated carbocycles. The molecule has 0 N–H and O–H groups in total. The van der Waals surface area contributed by atoms with Crippen molar-refractivity contribution in [2.75, 3.05) is 27.3 Å². The molecule has 6 nitrogen and oxygen atoms in total. The lowest BCUT2D eigenvalue weighted by Gasteiger charge is -2.33. The molecule has 7 heteroatoms. The molecule has 26 heavy (non-hydrogen) atoms. The molecule has 1 atom stereocenters. The van der Waals surface area contributed by atoms with Crippen LogP contribution < -0.4 is 14.2 Å². The Morgan fingerprint density at radius 2 is 2.08 bits per heavy atom. The second-order valence-electron chi connectivity index (χ2n) is 6.01. The van der Waals surface area contributed by atoms with Crippen molar-refractivity contribution in [3.8, 4) is 17.2 Å². The van der Waals surface area contributed by atoms with Crippen LogP contribution in [0.25, 0.3) is 0 Å². The van der Waals surface area contributed by atoms with E-state index in [4.69, 9.17) is 25.8 Å². The van der Waals surface area contributed by atoms with E-state index in [0.717, 1.165) is 12.8 Å². The zero-order valence-electron chi connectivity index (χ0n) is 14.8. The smallest absolute Gasteiger partial charge is 0.257 e. The summed E-state index contributed by atoms with van der Waals surface area (Å²) < 4.78 is 16.5. The summed E-state index contributed by atoms with van der Waals surface area (Å²) >= 11 is 6.11. The van der Waals surface area contributed by atoms with Crippen LogP contribution in [0.3, 0.4) is 0 Å². The molecule has 1 aliphatic rings. The molecule has 1 fully saturated rings. The largest absolute Gasteiger partial charge is 0.497 e. The first-order chi connectivity index (χ1) is 12.6. The summed E-state index contributed by atoms with van der Waals surface area (Å²) in [4.78, 5) is 18.7. The number of amides is 1. The van der Waals surface area contributed by atoms with E-state index in [1.54, 1.807) is 55.8 Å². The molecule has 0 bridgehead atoms. The Morgan fingerprint density at radius 3 is 2.81 bits per heavy atom. The van der Waals surface area contributed by atoms with Crippen molar-refractivity contribution >= 4 is 17.5 Å². The van der Waals surface area contributed by atoms with Gasteiger partial charge in [-0.3, -0.25) is 9.78 Å². The van der Waals surface area contributed by atoms with Gasteiger partial charge in [0.25, 0.3) is 5.91 Å². The van der Waals surface area contributed by atoms with Gasteiger partial charge < -0.3 is 19.1 Å². The zero-order valence-corrected chi connectivity index (χ0v) is 15.5. The van der Waals surface area contributed by atoms with Crippen LogP contribution in [0.4, 0.5) is 0 Å². The third-order valence-corrected chi connectivity index (χ3v) is 4.62. The fourth-order valence-electron chi connectivity index (χ4n) is 3.00. The lowest BCUT2D eigenvalue weighted by atomic mass is 10.1. The van der Waals surface area contributed by atoms with Gasteiger partial charge in [-0.1, -0.05) is 11.6 Å². The van der Waals surface area contributed by atoms with Crippen LogP contribution in [0, 0.1) is 0 Å². The van der Waals surface area contributed by atoms with E-state index in [0.29, 0.717) is 40.9 Å². The second kappa shape index (κ2) is 8.27. The number of ether oxygens (including phenoxy) is 3. The number of halogens is 1. The third kappa shape index (κ3) is 4.02. The van der Waals surface area contributed by atoms with E-state index in [1.807, 2.05) is 0 Å². The molecule has 1 aromatic carbocycles. The number of benzene rings is 1. The Labute approximate surface area is 157 Å². The maximum Gasteiger partial charge on any atom is 0.257 e. The van der Waals surface area contributed by atoms with Crippen LogP contribution in [0.1, 0.15) is 23.2 Å². The summed E-state index contributed by atoms with van der Waals surface area (Å²) in [5.41, 5.74) is 0.510. The quantitative estimate of drug-likeness (QED) is 0.800. The number of nitrogens with zero attached hydrogens (tertiary/aromatic N) is 2. The highest BCUT2D eigenvalue weighted by molar-refractivity contribution is 6.31. The lowest BCUT2D eigenvalue weighted by Crippen LogP contribution is -2.44. The normalized spacial score (nSPS) is 16.9. The number of carbonyl (C=O) groups is 1. The molecule has 2 aromatic rings. The molecular weight excluding hydrogens is 356 g/mol. The summed E-state index contributed by atoms with van der Waals surface area (Å²) in [7, 11) is 3.12. The Balaban J connectivity index is 1.73. The highest BCUT2D eigenvalue weighted by Gasteiger charge is 2.27. The molecule has 138 valence electrons. The van der Waals surface area contributed by atoms with Gasteiger partial charge in [-0.25, -0.2) is 0 Å². The number of hydrogen-bond donors (Lipinski definition) is 0. The van der Waals surface area contributed by atoms with Crippen molar-refractivity contribution in [3.05, 3.63) is 47.2 Å². The Bertz CT molecular complexity index is 784. The summed E-state index contributed by atoms with van der Waals surface area (Å²) in [5.74, 6) is 1.64. The zero-order chi connectivity index (χ0) is 18.5. The summed E-state index contributed by atoms with van der Waals surface area (Å²) in [6.07, 6.45) is 4.79. The van der Waals surface area contributed by atoms with E-state index in [-0.39, 0.29) is 12.0 Å². The molecule has 1 amide bonds. The predicted octanol–water partition coefficient (Wildman–Crippen LogP) is 3.44. The molecule has 1 aliphatic heterocycles. The minimum Gasteiger partial charge on any atom is -0.497 e. The van der Waals surface area contributed by atoms with E-state index >= 15 is 0 Å². The number of hydrogen-bond acceptors (Lipinski definition) is 5. The van der Waals surface area contributed by atoms with Crippen molar-refractivity contribution in [1.29, 1.82) is 0 Å². The van der Waals surface area contributed by atoms with Crippen molar-refractivity contribution in [3.63, 3.8) is 0 Å². The highest BCUT2D eigenvalue weighted by atomic mass is 35.5. The number of rotatable bonds is 5. The topological polar surface area (TPSA) is 60.9 Å². The van der Waals surface area contributed by atoms with Gasteiger partial charge in [0.05, 0.1) is 26.3 Å². The number of carbonyl (C=O) groups excluding carboxylic acids is 1. The first-order valence-corrected chi connectivity index (χ1v) is 8.77. The molecule has 0 spiro atoms. The number of methoxy groups -OCH3 is 2. The average Bonchev–Trinajstić information content (AvgIpc) is 2.69. The van der Waals surface area contributed by atoms with Gasteiger partial charge in [0.15, 0.2) is 0 Å². The minimum atomic E-state index is -0.114. The highest BCUT2D eigenvalue weighted by Crippen LogP contribution is 2.28. The third-order valence-electron chi connectivity index (χ3n) is 4.33. The van der Waals surface area contributed by atoms with Gasteiger partial charge >= 0.3 is 0 Å². The maximum absolute atomic E-state index is 13.0. The van der Waals surface area contributed by atoms with E-state index in [2.05, 4.69) is 4.98 Å². The number of likely N-dealkylation sites (tertiary alicyclic amines) is 1. The molecule has 1 saturated heterocycles. The first kappa shape index (κ1) is 18.3. The standard InChI is InChI=1S/C19H21ClN2O4/c1-24-13-5-6-15(18(10-13)25-2)19(23)22-9-3-4-14(12-22)26-17-7-8-21-11-16(17)20/h5-8,10-11,14H,3-4,9,12H2,1-2H3. The van der Waals surface area contributed by atoms with Crippen molar-refractivity contribution in [2.24, 2.45) is 0 Å². The molecule has 1 aromatic heterocycles. The Kier molecular flexibility index (Phi) is 5.83. The van der Waals surface area contributed by atoms with Crippen LogP contribution in [0.15, 0.2) is 36.7 Å². The van der Waals surface area contributed by atoms with Gasteiger partial charge in [-0.2, -0.15) is 0 Å². The monoisotopic (exact) mass is 376 g/mol. The van der Waals surface area contributed by atoms with E-state index in [1.165, 1.54) is 0 Å². The Hall–Kier alpha value is -2.47. The predicted molar refractivity (Wildman–Crippen MR) is 98.3 cm³/mol. The van der Waals surface area contributed by atoms with Crippen LogP contribution in [-0.4, -0.2) is 49.2 Å². The van der Waals surface area contributed by atoms with E-state index < -0.39 is 0 Å². The van der Waals surface area contributed by atoms with Crippen molar-refractivity contribution in [1.82, 2.24) is 9.88 Å². The van der Waals surface area contributed by atoms with Gasteiger partial charge in [0.1, 0.15) is 28.4 Å². The maximum atomic E-state index is 13.0. The fraction of sp³-hybridized carbons (Fsp3) is 0.368. The molecule has 1 unspecified atom stereocenters. The molecule has 3 rings (SSSR count). The van der Waals surface area contributed by atoms with Crippen LogP contribution in [0.2, 0.25) is 5.02 Å². The van der Waals surface area contributed by atoms with E-state index in [9.17, 15) is 4.79 Å². The van der Waals surface area contributed by atoms with Crippen LogP contribution in [-0.2, 0) is 0 Å². The van der Waals surface area contributed by atoms with Crippen LogP contribution in [0.5, 0.6) is 17.2 Å². The average molecular weight is 377 g/mol. The van der Waals surface area contributed by atoms with Gasteiger partial charge in [0, 0.05) is 31.1 Å². The Morgan fingerprint density at radius 1 is 1.23 bits per heavy atom. The molecule has 0 aliphatic carbocycles.